The van der Waals surface area contributed by atoms with Crippen molar-refractivity contribution in [3.05, 3.63) is 33.8 Å². The third-order valence-electron chi connectivity index (χ3n) is 3.01. The Morgan fingerprint density at radius 2 is 2.00 bits per heavy atom. The summed E-state index contributed by atoms with van der Waals surface area (Å²) in [5.74, 6) is -1.69. The lowest BCUT2D eigenvalue weighted by atomic mass is 10.1. The summed E-state index contributed by atoms with van der Waals surface area (Å²) >= 11 is 11.8. The molecule has 19 heavy (non-hydrogen) atoms. The van der Waals surface area contributed by atoms with Crippen molar-refractivity contribution in [3.8, 4) is 0 Å². The van der Waals surface area contributed by atoms with Crippen LogP contribution in [0.3, 0.4) is 0 Å². The molecule has 2 atom stereocenters. The Bertz CT molecular complexity index is 534. The molecule has 5 nitrogen and oxygen atoms in total. The average Bonchev–Trinajstić information content (AvgIpc) is 2.74. The van der Waals surface area contributed by atoms with Gasteiger partial charge in [-0.3, -0.25) is 4.79 Å². The van der Waals surface area contributed by atoms with Crippen LogP contribution in [-0.2, 0) is 4.79 Å². The fraction of sp³-hybridized carbons (Fsp3) is 0.333. The van der Waals surface area contributed by atoms with E-state index in [1.807, 2.05) is 0 Å². The first-order valence-electron chi connectivity index (χ1n) is 5.57. The molecule has 2 rings (SSSR count). The molecule has 0 unspecified atom stereocenters. The zero-order valence-corrected chi connectivity index (χ0v) is 11.2. The van der Waals surface area contributed by atoms with E-state index in [2.05, 4.69) is 0 Å². The number of aliphatic hydroxyl groups is 1. The number of hydrogen-bond acceptors (Lipinski definition) is 3. The van der Waals surface area contributed by atoms with Crippen molar-refractivity contribution >= 4 is 35.1 Å². The minimum atomic E-state index is -1.15. The number of β-amino-alcohol motifs (C(OH)–C–C–N with tert-alkyl or cyclic N) is 1. The van der Waals surface area contributed by atoms with Crippen molar-refractivity contribution < 1.29 is 19.8 Å². The molecule has 102 valence electrons. The minimum absolute atomic E-state index is 0.0132. The van der Waals surface area contributed by atoms with Crippen LogP contribution in [0.25, 0.3) is 0 Å². The summed E-state index contributed by atoms with van der Waals surface area (Å²) in [5.41, 5.74) is 0.134. The highest BCUT2D eigenvalue weighted by molar-refractivity contribution is 6.43. The van der Waals surface area contributed by atoms with E-state index in [0.717, 1.165) is 4.90 Å². The lowest BCUT2D eigenvalue weighted by molar-refractivity contribution is -0.141. The minimum Gasteiger partial charge on any atom is -0.480 e. The Morgan fingerprint density at radius 1 is 1.32 bits per heavy atom. The number of rotatable bonds is 2. The summed E-state index contributed by atoms with van der Waals surface area (Å²) in [6, 6.07) is 3.52. The third-order valence-corrected chi connectivity index (χ3v) is 3.83. The summed E-state index contributed by atoms with van der Waals surface area (Å²) in [7, 11) is 0. The standard InChI is InChI=1S/C12H11Cl2NO4/c13-8-3-1-2-7(10(8)14)11(17)15-5-6(16)4-9(15)12(18)19/h1-3,6,9,16H,4-5H2,(H,18,19)/t6-,9+/m1/s1. The van der Waals surface area contributed by atoms with Gasteiger partial charge >= 0.3 is 5.97 Å². The molecule has 1 fully saturated rings. The van der Waals surface area contributed by atoms with E-state index in [4.69, 9.17) is 28.3 Å². The van der Waals surface area contributed by atoms with Crippen LogP contribution in [0.4, 0.5) is 0 Å². The summed E-state index contributed by atoms with van der Waals surface area (Å²) in [6.45, 7) is -0.0291. The fourth-order valence-corrected chi connectivity index (χ4v) is 2.48. The van der Waals surface area contributed by atoms with Gasteiger partial charge in [0.25, 0.3) is 5.91 Å². The molecule has 1 aromatic rings. The van der Waals surface area contributed by atoms with Gasteiger partial charge in [-0.15, -0.1) is 0 Å². The van der Waals surface area contributed by atoms with Crippen molar-refractivity contribution in [3.63, 3.8) is 0 Å². The molecular weight excluding hydrogens is 293 g/mol. The third kappa shape index (κ3) is 2.68. The van der Waals surface area contributed by atoms with E-state index in [0.29, 0.717) is 0 Å². The quantitative estimate of drug-likeness (QED) is 0.871. The Morgan fingerprint density at radius 3 is 2.63 bits per heavy atom. The average molecular weight is 304 g/mol. The fourth-order valence-electron chi connectivity index (χ4n) is 2.10. The molecule has 0 bridgehead atoms. The van der Waals surface area contributed by atoms with Gasteiger partial charge in [0.15, 0.2) is 0 Å². The first-order chi connectivity index (χ1) is 8.91. The summed E-state index contributed by atoms with van der Waals surface area (Å²) < 4.78 is 0. The van der Waals surface area contributed by atoms with Crippen molar-refractivity contribution in [2.75, 3.05) is 6.54 Å². The Labute approximate surface area is 119 Å². The predicted molar refractivity (Wildman–Crippen MR) is 69.5 cm³/mol. The normalized spacial score (nSPS) is 22.6. The lowest BCUT2D eigenvalue weighted by Gasteiger charge is -2.21. The number of amides is 1. The Kier molecular flexibility index (Phi) is 3.99. The van der Waals surface area contributed by atoms with Crippen molar-refractivity contribution in [2.24, 2.45) is 0 Å². The van der Waals surface area contributed by atoms with Gasteiger partial charge in [-0.2, -0.15) is 0 Å². The van der Waals surface area contributed by atoms with Gasteiger partial charge in [-0.1, -0.05) is 29.3 Å². The number of halogens is 2. The molecular formula is C12H11Cl2NO4. The molecule has 1 aliphatic heterocycles. The van der Waals surface area contributed by atoms with Crippen molar-refractivity contribution in [1.82, 2.24) is 4.90 Å². The second kappa shape index (κ2) is 5.36. The highest BCUT2D eigenvalue weighted by Gasteiger charge is 2.39. The Balaban J connectivity index is 2.33. The SMILES string of the molecule is O=C(O)[C@@H]1C[C@@H](O)CN1C(=O)c1cccc(Cl)c1Cl. The number of likely N-dealkylation sites (tertiary alicyclic amines) is 1. The maximum absolute atomic E-state index is 12.3. The highest BCUT2D eigenvalue weighted by Crippen LogP contribution is 2.29. The number of hydrogen-bond donors (Lipinski definition) is 2. The van der Waals surface area contributed by atoms with E-state index >= 15 is 0 Å². The van der Waals surface area contributed by atoms with Gasteiger partial charge < -0.3 is 15.1 Å². The van der Waals surface area contributed by atoms with Gasteiger partial charge in [0.1, 0.15) is 6.04 Å². The van der Waals surface area contributed by atoms with E-state index < -0.39 is 24.0 Å². The van der Waals surface area contributed by atoms with Crippen LogP contribution in [0.15, 0.2) is 18.2 Å². The van der Waals surface area contributed by atoms with Crippen LogP contribution in [0.1, 0.15) is 16.8 Å². The predicted octanol–water partition coefficient (Wildman–Crippen LogP) is 1.65. The molecule has 1 saturated heterocycles. The van der Waals surface area contributed by atoms with Crippen molar-refractivity contribution in [2.45, 2.75) is 18.6 Å². The van der Waals surface area contributed by atoms with Crippen LogP contribution >= 0.6 is 23.2 Å². The molecule has 0 aromatic heterocycles. The number of nitrogens with zero attached hydrogens (tertiary/aromatic N) is 1. The molecule has 0 saturated carbocycles. The monoisotopic (exact) mass is 303 g/mol. The van der Waals surface area contributed by atoms with Crippen LogP contribution in [0.2, 0.25) is 10.0 Å². The van der Waals surface area contributed by atoms with Gasteiger partial charge in [0.05, 0.1) is 21.7 Å². The summed E-state index contributed by atoms with van der Waals surface area (Å²) in [4.78, 5) is 24.5. The number of carboxylic acids is 1. The number of aliphatic carboxylic acids is 1. The molecule has 0 spiro atoms. The van der Waals surface area contributed by atoms with E-state index in [1.54, 1.807) is 6.07 Å². The van der Waals surface area contributed by atoms with Gasteiger partial charge in [-0.25, -0.2) is 4.79 Å². The zero-order valence-electron chi connectivity index (χ0n) is 9.72. The number of benzene rings is 1. The van der Waals surface area contributed by atoms with E-state index in [-0.39, 0.29) is 28.6 Å². The van der Waals surface area contributed by atoms with E-state index in [1.165, 1.54) is 12.1 Å². The second-order valence-electron chi connectivity index (χ2n) is 4.30. The lowest BCUT2D eigenvalue weighted by Crippen LogP contribution is -2.40. The molecule has 1 aliphatic rings. The molecule has 1 heterocycles. The number of carbonyl (C=O) groups is 2. The molecule has 0 aliphatic carbocycles. The van der Waals surface area contributed by atoms with Gasteiger partial charge in [0, 0.05) is 13.0 Å². The first kappa shape index (κ1) is 14.1. The molecule has 1 aromatic carbocycles. The maximum Gasteiger partial charge on any atom is 0.326 e. The number of carboxylic acid groups (broad SMARTS) is 1. The van der Waals surface area contributed by atoms with Crippen LogP contribution in [0.5, 0.6) is 0 Å². The second-order valence-corrected chi connectivity index (χ2v) is 5.09. The molecule has 7 heteroatoms. The van der Waals surface area contributed by atoms with Gasteiger partial charge in [0.2, 0.25) is 0 Å². The van der Waals surface area contributed by atoms with Gasteiger partial charge in [-0.05, 0) is 12.1 Å². The first-order valence-corrected chi connectivity index (χ1v) is 6.33. The number of aliphatic hydroxyl groups excluding tert-OH is 1. The zero-order chi connectivity index (χ0) is 14.2. The topological polar surface area (TPSA) is 77.8 Å². The van der Waals surface area contributed by atoms with Crippen molar-refractivity contribution in [1.29, 1.82) is 0 Å². The van der Waals surface area contributed by atoms with E-state index in [9.17, 15) is 14.7 Å². The van der Waals surface area contributed by atoms with Crippen LogP contribution in [0, 0.1) is 0 Å². The van der Waals surface area contributed by atoms with Crippen LogP contribution < -0.4 is 0 Å². The summed E-state index contributed by atoms with van der Waals surface area (Å²) in [6.07, 6.45) is -0.831. The largest absolute Gasteiger partial charge is 0.480 e. The van der Waals surface area contributed by atoms with Crippen LogP contribution in [-0.4, -0.2) is 45.7 Å². The number of carbonyl (C=O) groups excluding carboxylic acids is 1. The molecule has 0 radical (unpaired) electrons. The maximum atomic E-state index is 12.3. The molecule has 2 N–H and O–H groups in total. The molecule has 1 amide bonds. The Hall–Kier alpha value is -1.30. The summed E-state index contributed by atoms with van der Waals surface area (Å²) in [5, 5.41) is 18.9. The highest BCUT2D eigenvalue weighted by atomic mass is 35.5. The smallest absolute Gasteiger partial charge is 0.326 e.